The van der Waals surface area contributed by atoms with Crippen LogP contribution in [0.25, 0.3) is 20.7 Å². The summed E-state index contributed by atoms with van der Waals surface area (Å²) in [6, 6.07) is 8.01. The SMILES string of the molecule is CC1=CC(=O)N(Nc2nc(C(C)(C)C)nc3sc(-c4ccc(OCCN(C)C)cc4)c(C)c23)C1=O. The van der Waals surface area contributed by atoms with Crippen molar-refractivity contribution in [3.8, 4) is 16.2 Å². The molecule has 4 rings (SSSR count). The quantitative estimate of drug-likeness (QED) is 0.483. The second-order valence-electron chi connectivity index (χ2n) is 9.98. The van der Waals surface area contributed by atoms with Gasteiger partial charge in [0, 0.05) is 28.5 Å². The van der Waals surface area contributed by atoms with Crippen LogP contribution in [0, 0.1) is 6.92 Å². The van der Waals surface area contributed by atoms with Crippen LogP contribution >= 0.6 is 11.3 Å². The summed E-state index contributed by atoms with van der Waals surface area (Å²) in [5.74, 6) is 1.12. The third-order valence-corrected chi connectivity index (χ3v) is 6.94. The molecule has 8 nitrogen and oxygen atoms in total. The van der Waals surface area contributed by atoms with E-state index in [2.05, 4.69) is 10.3 Å². The Hall–Kier alpha value is -3.30. The van der Waals surface area contributed by atoms with Crippen molar-refractivity contribution in [1.29, 1.82) is 0 Å². The Morgan fingerprint density at radius 2 is 1.77 bits per heavy atom. The zero-order valence-corrected chi connectivity index (χ0v) is 22.0. The van der Waals surface area contributed by atoms with Gasteiger partial charge in [-0.25, -0.2) is 9.97 Å². The third-order valence-electron chi connectivity index (χ3n) is 5.70. The Morgan fingerprint density at radius 1 is 1.09 bits per heavy atom. The summed E-state index contributed by atoms with van der Waals surface area (Å²) < 4.78 is 5.83. The molecule has 2 amide bonds. The molecule has 184 valence electrons. The first-order chi connectivity index (χ1) is 16.5. The van der Waals surface area contributed by atoms with Crippen LogP contribution in [0.5, 0.6) is 5.75 Å². The molecule has 1 aliphatic heterocycles. The number of carbonyl (C=O) groups is 2. The monoisotopic (exact) mass is 493 g/mol. The van der Waals surface area contributed by atoms with Crippen LogP contribution in [0.15, 0.2) is 35.9 Å². The van der Waals surface area contributed by atoms with E-state index in [0.29, 0.717) is 23.8 Å². The number of anilines is 1. The molecule has 3 heterocycles. The Bertz CT molecular complexity index is 1320. The lowest BCUT2D eigenvalue weighted by atomic mass is 9.95. The van der Waals surface area contributed by atoms with E-state index in [1.165, 1.54) is 6.08 Å². The number of benzene rings is 1. The molecule has 1 N–H and O–H groups in total. The van der Waals surface area contributed by atoms with Crippen LogP contribution in [0.3, 0.4) is 0 Å². The van der Waals surface area contributed by atoms with Crippen LogP contribution in [0.4, 0.5) is 5.82 Å². The smallest absolute Gasteiger partial charge is 0.275 e. The van der Waals surface area contributed by atoms with E-state index in [1.807, 2.05) is 66.1 Å². The molecule has 3 aromatic rings. The fourth-order valence-electron chi connectivity index (χ4n) is 3.68. The van der Waals surface area contributed by atoms with Crippen molar-refractivity contribution in [1.82, 2.24) is 19.9 Å². The number of carbonyl (C=O) groups excluding carboxylic acids is 2. The number of likely N-dealkylation sites (N-methyl/N-ethyl adjacent to an activating group) is 1. The van der Waals surface area contributed by atoms with Crippen molar-refractivity contribution < 1.29 is 14.3 Å². The predicted molar refractivity (Wildman–Crippen MR) is 140 cm³/mol. The Morgan fingerprint density at radius 3 is 2.34 bits per heavy atom. The van der Waals surface area contributed by atoms with Crippen LogP contribution in [-0.4, -0.2) is 58.9 Å². The zero-order valence-electron chi connectivity index (χ0n) is 21.2. The van der Waals surface area contributed by atoms with Gasteiger partial charge in [-0.15, -0.1) is 11.3 Å². The summed E-state index contributed by atoms with van der Waals surface area (Å²) in [4.78, 5) is 38.4. The standard InChI is InChI=1S/C26H31N5O3S/c1-15-14-19(32)31(24(15)33)29-22-20-16(2)21(35-23(20)28-25(27-22)26(3,4)5)17-8-10-18(11-9-17)34-13-12-30(6)7/h8-11,14H,12-13H2,1-7H3,(H,27,28,29). The molecule has 0 atom stereocenters. The Kier molecular flexibility index (Phi) is 6.66. The van der Waals surface area contributed by atoms with Crippen LogP contribution in [-0.2, 0) is 15.0 Å². The minimum Gasteiger partial charge on any atom is -0.492 e. The van der Waals surface area contributed by atoms with Crippen LogP contribution in [0.2, 0.25) is 0 Å². The summed E-state index contributed by atoms with van der Waals surface area (Å²) >= 11 is 1.57. The second kappa shape index (κ2) is 9.39. The fourth-order valence-corrected chi connectivity index (χ4v) is 4.87. The van der Waals surface area contributed by atoms with E-state index >= 15 is 0 Å². The second-order valence-corrected chi connectivity index (χ2v) is 11.0. The van der Waals surface area contributed by atoms with Gasteiger partial charge in [-0.3, -0.25) is 15.0 Å². The first kappa shape index (κ1) is 24.8. The largest absolute Gasteiger partial charge is 0.492 e. The van der Waals surface area contributed by atoms with Gasteiger partial charge in [0.15, 0.2) is 5.82 Å². The van der Waals surface area contributed by atoms with Crippen molar-refractivity contribution >= 4 is 39.2 Å². The maximum absolute atomic E-state index is 12.5. The summed E-state index contributed by atoms with van der Waals surface area (Å²) in [7, 11) is 4.03. The molecule has 0 fully saturated rings. The van der Waals surface area contributed by atoms with Gasteiger partial charge in [0.2, 0.25) is 0 Å². The van der Waals surface area contributed by atoms with Gasteiger partial charge in [0.05, 0.1) is 5.39 Å². The predicted octanol–water partition coefficient (Wildman–Crippen LogP) is 4.55. The fraction of sp³-hybridized carbons (Fsp3) is 0.385. The number of aryl methyl sites for hydroxylation is 1. The number of imide groups is 1. The summed E-state index contributed by atoms with van der Waals surface area (Å²) in [6.07, 6.45) is 1.33. The van der Waals surface area contributed by atoms with Gasteiger partial charge in [0.1, 0.15) is 23.0 Å². The molecular formula is C26H31N5O3S. The first-order valence-electron chi connectivity index (χ1n) is 11.5. The van der Waals surface area contributed by atoms with Crippen molar-refractivity contribution in [3.63, 3.8) is 0 Å². The van der Waals surface area contributed by atoms with E-state index in [1.54, 1.807) is 18.3 Å². The van der Waals surface area contributed by atoms with E-state index < -0.39 is 5.91 Å². The number of nitrogens with zero attached hydrogens (tertiary/aromatic N) is 4. The normalized spacial score (nSPS) is 14.3. The highest BCUT2D eigenvalue weighted by atomic mass is 32.1. The lowest BCUT2D eigenvalue weighted by Crippen LogP contribution is -2.37. The number of hydrazine groups is 1. The molecule has 0 unspecified atom stereocenters. The van der Waals surface area contributed by atoms with Crippen LogP contribution < -0.4 is 10.2 Å². The highest BCUT2D eigenvalue weighted by Crippen LogP contribution is 2.41. The number of aromatic nitrogens is 2. The molecule has 0 saturated heterocycles. The highest BCUT2D eigenvalue weighted by Gasteiger charge is 2.31. The van der Waals surface area contributed by atoms with Crippen LogP contribution in [0.1, 0.15) is 39.1 Å². The minimum absolute atomic E-state index is 0.318. The number of nitrogens with one attached hydrogen (secondary N) is 1. The highest BCUT2D eigenvalue weighted by molar-refractivity contribution is 7.22. The lowest BCUT2D eigenvalue weighted by molar-refractivity contribution is -0.135. The van der Waals surface area contributed by atoms with Crippen molar-refractivity contribution in [3.05, 3.63) is 47.3 Å². The Labute approximate surface area is 209 Å². The van der Waals surface area contributed by atoms with Crippen molar-refractivity contribution in [2.45, 2.75) is 40.0 Å². The van der Waals surface area contributed by atoms with Gasteiger partial charge in [-0.2, -0.15) is 5.01 Å². The molecule has 1 aliphatic rings. The van der Waals surface area contributed by atoms with E-state index in [9.17, 15) is 9.59 Å². The van der Waals surface area contributed by atoms with Gasteiger partial charge in [-0.1, -0.05) is 20.8 Å². The zero-order chi connectivity index (χ0) is 25.5. The van der Waals surface area contributed by atoms with Crippen molar-refractivity contribution in [2.75, 3.05) is 32.7 Å². The first-order valence-corrected chi connectivity index (χ1v) is 12.3. The van der Waals surface area contributed by atoms with Gasteiger partial charge in [-0.05, 0) is 63.3 Å². The lowest BCUT2D eigenvalue weighted by Gasteiger charge is -2.21. The number of fused-ring (bicyclic) bond motifs is 1. The van der Waals surface area contributed by atoms with Gasteiger partial charge >= 0.3 is 0 Å². The summed E-state index contributed by atoms with van der Waals surface area (Å²) in [6.45, 7) is 11.2. The average Bonchev–Trinajstić information content (AvgIpc) is 3.24. The number of thiophene rings is 1. The Balaban J connectivity index is 1.73. The van der Waals surface area contributed by atoms with Gasteiger partial charge in [0.25, 0.3) is 11.8 Å². The number of amides is 2. The number of rotatable bonds is 7. The molecule has 0 spiro atoms. The molecule has 0 aliphatic carbocycles. The maximum atomic E-state index is 12.5. The molecule has 9 heteroatoms. The average molecular weight is 494 g/mol. The minimum atomic E-state index is -0.408. The molecule has 0 saturated carbocycles. The van der Waals surface area contributed by atoms with E-state index in [4.69, 9.17) is 14.7 Å². The van der Waals surface area contributed by atoms with Crippen molar-refractivity contribution in [2.24, 2.45) is 0 Å². The molecular weight excluding hydrogens is 462 g/mol. The summed E-state index contributed by atoms with van der Waals surface area (Å²) in [5.41, 5.74) is 5.08. The van der Waals surface area contributed by atoms with E-state index in [0.717, 1.165) is 43.5 Å². The van der Waals surface area contributed by atoms with E-state index in [-0.39, 0.29) is 11.3 Å². The molecule has 0 radical (unpaired) electrons. The topological polar surface area (TPSA) is 87.7 Å². The van der Waals surface area contributed by atoms with Gasteiger partial charge < -0.3 is 9.64 Å². The number of hydrogen-bond acceptors (Lipinski definition) is 8. The molecule has 0 bridgehead atoms. The third kappa shape index (κ3) is 5.06. The molecule has 35 heavy (non-hydrogen) atoms. The molecule has 1 aromatic carbocycles. The number of hydrogen-bond donors (Lipinski definition) is 1. The molecule has 2 aromatic heterocycles. The number of ether oxygens (including phenoxy) is 1. The maximum Gasteiger partial charge on any atom is 0.275 e. The summed E-state index contributed by atoms with van der Waals surface area (Å²) in [5, 5.41) is 1.81.